The average Bonchev–Trinajstić information content (AvgIpc) is 2.47. The van der Waals surface area contributed by atoms with Gasteiger partial charge in [0, 0.05) is 4.83 Å². The molecule has 0 aromatic carbocycles. The number of rotatable bonds is 1. The number of hydrogen-bond donors (Lipinski definition) is 1. The summed E-state index contributed by atoms with van der Waals surface area (Å²) in [5, 5.41) is 10.2. The summed E-state index contributed by atoms with van der Waals surface area (Å²) < 4.78 is 0. The van der Waals surface area contributed by atoms with Gasteiger partial charge in [0.15, 0.2) is 0 Å². The molecular weight excluding hydrogens is 312 g/mol. The Bertz CT molecular complexity index is 375. The molecule has 0 bridgehead atoms. The van der Waals surface area contributed by atoms with E-state index in [-0.39, 0.29) is 10.8 Å². The maximum Gasteiger partial charge on any atom is 0.0769 e. The van der Waals surface area contributed by atoms with Crippen LogP contribution in [0.5, 0.6) is 0 Å². The predicted molar refractivity (Wildman–Crippen MR) is 81.4 cm³/mol. The quantitative estimate of drug-likeness (QED) is 0.546. The Hall–Kier alpha value is 0.470. The van der Waals surface area contributed by atoms with Gasteiger partial charge < -0.3 is 5.11 Å². The zero-order valence-corrected chi connectivity index (χ0v) is 14.1. The van der Waals surface area contributed by atoms with E-state index in [1.807, 2.05) is 6.92 Å². The third kappa shape index (κ3) is 2.09. The van der Waals surface area contributed by atoms with Crippen molar-refractivity contribution in [2.45, 2.75) is 69.2 Å². The van der Waals surface area contributed by atoms with Crippen molar-refractivity contribution in [3.05, 3.63) is 11.6 Å². The van der Waals surface area contributed by atoms with Crippen LogP contribution in [0.15, 0.2) is 11.6 Å². The standard InChI is InChI=1S/C15H24BrClO/c1-13(2)11(16)6-7-14(13,3)10-5-8-15(4,17)12(18)9-10/h5,11-12,18H,6-9H2,1-4H3. The smallest absolute Gasteiger partial charge is 0.0769 e. The second-order valence-electron chi connectivity index (χ2n) is 6.99. The van der Waals surface area contributed by atoms with Gasteiger partial charge in [-0.1, -0.05) is 48.4 Å². The maximum absolute atomic E-state index is 10.2. The van der Waals surface area contributed by atoms with Crippen LogP contribution >= 0.6 is 27.5 Å². The van der Waals surface area contributed by atoms with Crippen molar-refractivity contribution in [3.8, 4) is 0 Å². The number of allylic oxidation sites excluding steroid dienone is 1. The molecule has 0 spiro atoms. The van der Waals surface area contributed by atoms with Crippen LogP contribution in [0.3, 0.4) is 0 Å². The van der Waals surface area contributed by atoms with E-state index < -0.39 is 11.0 Å². The lowest BCUT2D eigenvalue weighted by molar-refractivity contribution is 0.0998. The highest BCUT2D eigenvalue weighted by atomic mass is 79.9. The fourth-order valence-electron chi connectivity index (χ4n) is 3.43. The Kier molecular flexibility index (Phi) is 3.71. The molecule has 18 heavy (non-hydrogen) atoms. The molecule has 0 saturated heterocycles. The molecule has 2 aliphatic rings. The molecule has 0 aromatic heterocycles. The van der Waals surface area contributed by atoms with E-state index in [2.05, 4.69) is 42.8 Å². The summed E-state index contributed by atoms with van der Waals surface area (Å²) in [6.45, 7) is 8.95. The molecule has 4 atom stereocenters. The fraction of sp³-hybridized carbons (Fsp3) is 0.867. The minimum atomic E-state index is -0.490. The zero-order valence-electron chi connectivity index (χ0n) is 11.8. The van der Waals surface area contributed by atoms with Crippen molar-refractivity contribution in [1.29, 1.82) is 0 Å². The first kappa shape index (κ1) is 14.9. The summed E-state index contributed by atoms with van der Waals surface area (Å²) in [5.41, 5.74) is 1.80. The van der Waals surface area contributed by atoms with Crippen LogP contribution in [0.1, 0.15) is 53.4 Å². The molecule has 2 aliphatic carbocycles. The van der Waals surface area contributed by atoms with Gasteiger partial charge in [0.25, 0.3) is 0 Å². The maximum atomic E-state index is 10.2. The van der Waals surface area contributed by atoms with E-state index in [1.54, 1.807) is 0 Å². The Balaban J connectivity index is 2.31. The Morgan fingerprint density at radius 2 is 1.94 bits per heavy atom. The van der Waals surface area contributed by atoms with Gasteiger partial charge in [0.2, 0.25) is 0 Å². The number of aliphatic hydroxyl groups excluding tert-OH is 1. The van der Waals surface area contributed by atoms with Crippen LogP contribution in [0.2, 0.25) is 0 Å². The summed E-state index contributed by atoms with van der Waals surface area (Å²) >= 11 is 10.2. The van der Waals surface area contributed by atoms with Gasteiger partial charge in [-0.3, -0.25) is 0 Å². The first-order valence-electron chi connectivity index (χ1n) is 6.82. The summed E-state index contributed by atoms with van der Waals surface area (Å²) in [5.74, 6) is 0. The van der Waals surface area contributed by atoms with Crippen molar-refractivity contribution in [3.63, 3.8) is 0 Å². The van der Waals surface area contributed by atoms with Crippen molar-refractivity contribution in [2.24, 2.45) is 10.8 Å². The summed E-state index contributed by atoms with van der Waals surface area (Å²) in [4.78, 5) is 0.0634. The Morgan fingerprint density at radius 1 is 1.33 bits per heavy atom. The van der Waals surface area contributed by atoms with Crippen molar-refractivity contribution < 1.29 is 5.11 Å². The molecule has 1 fully saturated rings. The second-order valence-corrected chi connectivity index (χ2v) is 8.96. The number of hydrogen-bond acceptors (Lipinski definition) is 1. The van der Waals surface area contributed by atoms with Crippen molar-refractivity contribution in [1.82, 2.24) is 0 Å². The van der Waals surface area contributed by atoms with Crippen LogP contribution in [-0.2, 0) is 0 Å². The Labute approximate surface area is 124 Å². The van der Waals surface area contributed by atoms with Crippen LogP contribution in [0.4, 0.5) is 0 Å². The highest BCUT2D eigenvalue weighted by Crippen LogP contribution is 2.60. The molecule has 0 aliphatic heterocycles. The Morgan fingerprint density at radius 3 is 2.39 bits per heavy atom. The average molecular weight is 336 g/mol. The molecule has 4 unspecified atom stereocenters. The lowest BCUT2D eigenvalue weighted by Gasteiger charge is -2.46. The van der Waals surface area contributed by atoms with Crippen LogP contribution in [0.25, 0.3) is 0 Å². The van der Waals surface area contributed by atoms with E-state index in [1.165, 1.54) is 18.4 Å². The first-order valence-corrected chi connectivity index (χ1v) is 8.11. The lowest BCUT2D eigenvalue weighted by atomic mass is 9.62. The molecule has 1 nitrogen and oxygen atoms in total. The summed E-state index contributed by atoms with van der Waals surface area (Å²) in [6.07, 6.45) is 5.74. The van der Waals surface area contributed by atoms with Gasteiger partial charge >= 0.3 is 0 Å². The SMILES string of the molecule is CC1(Cl)CC=C(C2(C)CCC(Br)C2(C)C)CC1O. The zero-order chi connectivity index (χ0) is 13.8. The molecule has 2 rings (SSSR count). The first-order chi connectivity index (χ1) is 8.11. The number of alkyl halides is 2. The molecule has 104 valence electrons. The molecule has 1 saturated carbocycles. The molecule has 0 heterocycles. The topological polar surface area (TPSA) is 20.2 Å². The van der Waals surface area contributed by atoms with E-state index in [4.69, 9.17) is 11.6 Å². The number of halogens is 2. The second kappa shape index (κ2) is 4.49. The minimum Gasteiger partial charge on any atom is -0.391 e. The monoisotopic (exact) mass is 334 g/mol. The van der Waals surface area contributed by atoms with E-state index in [0.29, 0.717) is 4.83 Å². The normalized spacial score (nSPS) is 48.1. The molecule has 0 amide bonds. The van der Waals surface area contributed by atoms with Crippen LogP contribution in [0, 0.1) is 10.8 Å². The molecule has 3 heteroatoms. The van der Waals surface area contributed by atoms with Crippen molar-refractivity contribution in [2.75, 3.05) is 0 Å². The van der Waals surface area contributed by atoms with Gasteiger partial charge in [0.05, 0.1) is 11.0 Å². The lowest BCUT2D eigenvalue weighted by Crippen LogP contribution is -2.42. The fourth-order valence-corrected chi connectivity index (χ4v) is 4.32. The largest absolute Gasteiger partial charge is 0.391 e. The van der Waals surface area contributed by atoms with Crippen LogP contribution in [-0.4, -0.2) is 20.9 Å². The number of aliphatic hydroxyl groups is 1. The van der Waals surface area contributed by atoms with Gasteiger partial charge in [-0.05, 0) is 43.4 Å². The van der Waals surface area contributed by atoms with Gasteiger partial charge in [-0.2, -0.15) is 0 Å². The minimum absolute atomic E-state index is 0.176. The van der Waals surface area contributed by atoms with Gasteiger partial charge in [-0.25, -0.2) is 0 Å². The van der Waals surface area contributed by atoms with Crippen LogP contribution < -0.4 is 0 Å². The van der Waals surface area contributed by atoms with E-state index in [0.717, 1.165) is 12.8 Å². The molecule has 0 aromatic rings. The van der Waals surface area contributed by atoms with Gasteiger partial charge in [-0.15, -0.1) is 11.6 Å². The summed E-state index contributed by atoms with van der Waals surface area (Å²) in [6, 6.07) is 0. The molecule has 1 N–H and O–H groups in total. The predicted octanol–water partition coefficient (Wildman–Crippen LogP) is 4.65. The summed E-state index contributed by atoms with van der Waals surface area (Å²) in [7, 11) is 0. The third-order valence-electron chi connectivity index (χ3n) is 5.67. The van der Waals surface area contributed by atoms with Crippen molar-refractivity contribution >= 4 is 27.5 Å². The van der Waals surface area contributed by atoms with Gasteiger partial charge in [0.1, 0.15) is 0 Å². The highest BCUT2D eigenvalue weighted by Gasteiger charge is 2.53. The highest BCUT2D eigenvalue weighted by molar-refractivity contribution is 9.09. The van der Waals surface area contributed by atoms with E-state index in [9.17, 15) is 5.11 Å². The molecular formula is C15H24BrClO. The third-order valence-corrected chi connectivity index (χ3v) is 7.68. The molecule has 0 radical (unpaired) electrons. The van der Waals surface area contributed by atoms with E-state index >= 15 is 0 Å².